The van der Waals surface area contributed by atoms with Crippen LogP contribution in [-0.2, 0) is 0 Å². The fraction of sp³-hybridized carbons (Fsp3) is 0.455. The third kappa shape index (κ3) is 2.91. The molecular weight excluding hydrogens is 214 g/mol. The number of hydrogen-bond acceptors (Lipinski definition) is 2. The highest BCUT2D eigenvalue weighted by Crippen LogP contribution is 2.28. The van der Waals surface area contributed by atoms with Crippen LogP contribution in [0.3, 0.4) is 0 Å². The largest absolute Gasteiger partial charge is 0.316 e. The molecule has 1 aliphatic heterocycles. The van der Waals surface area contributed by atoms with E-state index in [-0.39, 0.29) is 0 Å². The van der Waals surface area contributed by atoms with Gasteiger partial charge in [0.05, 0.1) is 0 Å². The van der Waals surface area contributed by atoms with Crippen molar-refractivity contribution < 1.29 is 0 Å². The number of hydrogen-bond donors (Lipinski definition) is 1. The molecule has 1 heterocycles. The monoisotopic (exact) mass is 227 g/mol. The van der Waals surface area contributed by atoms with E-state index >= 15 is 0 Å². The zero-order valence-corrected chi connectivity index (χ0v) is 9.57. The molecule has 1 N–H and O–H groups in total. The lowest BCUT2D eigenvalue weighted by atomic mass is 10.2. The van der Waals surface area contributed by atoms with Gasteiger partial charge < -0.3 is 5.32 Å². The molecule has 1 saturated heterocycles. The van der Waals surface area contributed by atoms with Crippen LogP contribution in [0, 0.1) is 0 Å². The zero-order chi connectivity index (χ0) is 9.80. The third-order valence-corrected chi connectivity index (χ3v) is 3.90. The first-order valence-corrected chi connectivity index (χ1v) is 6.23. The van der Waals surface area contributed by atoms with E-state index in [2.05, 4.69) is 17.4 Å². The molecule has 1 atom stereocenters. The van der Waals surface area contributed by atoms with Gasteiger partial charge in [-0.1, -0.05) is 11.6 Å². The molecule has 1 aromatic rings. The van der Waals surface area contributed by atoms with E-state index in [1.165, 1.54) is 24.3 Å². The molecule has 0 aliphatic carbocycles. The molecule has 0 bridgehead atoms. The Morgan fingerprint density at radius 1 is 1.29 bits per heavy atom. The molecule has 0 amide bonds. The molecule has 0 saturated carbocycles. The van der Waals surface area contributed by atoms with Gasteiger partial charge in [-0.25, -0.2) is 0 Å². The Balaban J connectivity index is 1.92. The van der Waals surface area contributed by atoms with Crippen LogP contribution in [0.2, 0.25) is 5.02 Å². The molecule has 3 heteroatoms. The Bertz CT molecular complexity index is 280. The van der Waals surface area contributed by atoms with Gasteiger partial charge in [0.2, 0.25) is 0 Å². The molecule has 1 aromatic carbocycles. The lowest BCUT2D eigenvalue weighted by molar-refractivity contribution is 0.531. The zero-order valence-electron chi connectivity index (χ0n) is 8.00. The molecule has 2 rings (SSSR count). The molecule has 76 valence electrons. The van der Waals surface area contributed by atoms with Gasteiger partial charge in [-0.2, -0.15) is 0 Å². The molecule has 1 aliphatic rings. The highest BCUT2D eigenvalue weighted by molar-refractivity contribution is 8.00. The van der Waals surface area contributed by atoms with Gasteiger partial charge in [-0.05, 0) is 43.7 Å². The molecule has 1 fully saturated rings. The Morgan fingerprint density at radius 3 is 2.71 bits per heavy atom. The summed E-state index contributed by atoms with van der Waals surface area (Å²) in [4.78, 5) is 1.32. The van der Waals surface area contributed by atoms with Crippen molar-refractivity contribution in [2.75, 3.05) is 13.1 Å². The topological polar surface area (TPSA) is 12.0 Å². The fourth-order valence-corrected chi connectivity index (χ4v) is 2.92. The summed E-state index contributed by atoms with van der Waals surface area (Å²) in [6, 6.07) is 8.11. The summed E-state index contributed by atoms with van der Waals surface area (Å²) in [7, 11) is 0. The normalized spacial score (nSPS) is 22.2. The van der Waals surface area contributed by atoms with Crippen molar-refractivity contribution in [3.63, 3.8) is 0 Å². The minimum atomic E-state index is 0.727. The van der Waals surface area contributed by atoms with Crippen LogP contribution >= 0.6 is 23.4 Å². The summed E-state index contributed by atoms with van der Waals surface area (Å²) < 4.78 is 0. The predicted octanol–water partition coefficient (Wildman–Crippen LogP) is 3.18. The maximum Gasteiger partial charge on any atom is 0.0406 e. The summed E-state index contributed by atoms with van der Waals surface area (Å²) >= 11 is 7.78. The Morgan fingerprint density at radius 2 is 2.07 bits per heavy atom. The second kappa shape index (κ2) is 5.06. The van der Waals surface area contributed by atoms with Crippen molar-refractivity contribution in [2.45, 2.75) is 23.0 Å². The Labute approximate surface area is 94.2 Å². The quantitative estimate of drug-likeness (QED) is 0.833. The SMILES string of the molecule is Clc1ccc(S[C@H]2CCCNC2)cc1. The van der Waals surface area contributed by atoms with Gasteiger partial charge in [0.1, 0.15) is 0 Å². The molecule has 14 heavy (non-hydrogen) atoms. The minimum absolute atomic E-state index is 0.727. The van der Waals surface area contributed by atoms with Gasteiger partial charge in [0.15, 0.2) is 0 Å². The van der Waals surface area contributed by atoms with Crippen LogP contribution in [0.4, 0.5) is 0 Å². The Kier molecular flexibility index (Phi) is 3.74. The van der Waals surface area contributed by atoms with Crippen LogP contribution in [0.25, 0.3) is 0 Å². The lowest BCUT2D eigenvalue weighted by Gasteiger charge is -2.22. The van der Waals surface area contributed by atoms with Gasteiger partial charge in [-0.3, -0.25) is 0 Å². The van der Waals surface area contributed by atoms with Crippen LogP contribution in [-0.4, -0.2) is 18.3 Å². The van der Waals surface area contributed by atoms with Gasteiger partial charge in [-0.15, -0.1) is 11.8 Å². The maximum atomic E-state index is 5.83. The molecule has 0 unspecified atom stereocenters. The number of nitrogens with one attached hydrogen (secondary N) is 1. The predicted molar refractivity (Wildman–Crippen MR) is 63.2 cm³/mol. The summed E-state index contributed by atoms with van der Waals surface area (Å²) in [5.41, 5.74) is 0. The van der Waals surface area contributed by atoms with E-state index in [1.807, 2.05) is 23.9 Å². The molecule has 0 spiro atoms. The van der Waals surface area contributed by atoms with Gasteiger partial charge >= 0.3 is 0 Å². The number of thioether (sulfide) groups is 1. The van der Waals surface area contributed by atoms with Crippen LogP contribution in [0.1, 0.15) is 12.8 Å². The molecule has 0 aromatic heterocycles. The van der Waals surface area contributed by atoms with E-state index in [4.69, 9.17) is 11.6 Å². The molecule has 0 radical (unpaired) electrons. The standard InChI is InChI=1S/C11H14ClNS/c12-9-3-5-10(6-4-9)14-11-2-1-7-13-8-11/h3-6,11,13H,1-2,7-8H2/t11-/m0/s1. The second-order valence-corrected chi connectivity index (χ2v) is 5.35. The van der Waals surface area contributed by atoms with Crippen molar-refractivity contribution in [1.82, 2.24) is 5.32 Å². The summed E-state index contributed by atoms with van der Waals surface area (Å²) in [6.07, 6.45) is 2.62. The summed E-state index contributed by atoms with van der Waals surface area (Å²) in [6.45, 7) is 2.31. The van der Waals surface area contributed by atoms with Crippen LogP contribution < -0.4 is 5.32 Å². The number of benzene rings is 1. The van der Waals surface area contributed by atoms with Crippen molar-refractivity contribution >= 4 is 23.4 Å². The number of halogens is 1. The number of piperidine rings is 1. The van der Waals surface area contributed by atoms with E-state index in [1.54, 1.807) is 0 Å². The van der Waals surface area contributed by atoms with Crippen LogP contribution in [0.15, 0.2) is 29.2 Å². The average Bonchev–Trinajstić information content (AvgIpc) is 2.23. The minimum Gasteiger partial charge on any atom is -0.316 e. The van der Waals surface area contributed by atoms with Crippen LogP contribution in [0.5, 0.6) is 0 Å². The van der Waals surface area contributed by atoms with E-state index in [9.17, 15) is 0 Å². The highest BCUT2D eigenvalue weighted by atomic mass is 35.5. The van der Waals surface area contributed by atoms with Gasteiger partial charge in [0, 0.05) is 21.7 Å². The van der Waals surface area contributed by atoms with Crippen molar-refractivity contribution in [3.05, 3.63) is 29.3 Å². The second-order valence-electron chi connectivity index (χ2n) is 3.54. The fourth-order valence-electron chi connectivity index (χ4n) is 1.63. The first-order chi connectivity index (χ1) is 6.84. The highest BCUT2D eigenvalue weighted by Gasteiger charge is 2.13. The first kappa shape index (κ1) is 10.3. The smallest absolute Gasteiger partial charge is 0.0406 e. The Hall–Kier alpha value is -0.180. The van der Waals surface area contributed by atoms with Crippen molar-refractivity contribution in [2.24, 2.45) is 0 Å². The third-order valence-electron chi connectivity index (χ3n) is 2.37. The number of rotatable bonds is 2. The first-order valence-electron chi connectivity index (χ1n) is 4.97. The summed E-state index contributed by atoms with van der Waals surface area (Å²) in [5.74, 6) is 0. The van der Waals surface area contributed by atoms with E-state index in [0.29, 0.717) is 0 Å². The van der Waals surface area contributed by atoms with Crippen molar-refractivity contribution in [1.29, 1.82) is 0 Å². The molecular formula is C11H14ClNS. The van der Waals surface area contributed by atoms with Crippen molar-refractivity contribution in [3.8, 4) is 0 Å². The molecule has 1 nitrogen and oxygen atoms in total. The van der Waals surface area contributed by atoms with E-state index in [0.717, 1.165) is 16.8 Å². The average molecular weight is 228 g/mol. The lowest BCUT2D eigenvalue weighted by Crippen LogP contribution is -2.31. The summed E-state index contributed by atoms with van der Waals surface area (Å²) in [5, 5.41) is 4.96. The van der Waals surface area contributed by atoms with E-state index < -0.39 is 0 Å². The maximum absolute atomic E-state index is 5.83. The van der Waals surface area contributed by atoms with Gasteiger partial charge in [0.25, 0.3) is 0 Å².